The van der Waals surface area contributed by atoms with Crippen LogP contribution in [0.15, 0.2) is 77.9 Å². The zero-order valence-electron chi connectivity index (χ0n) is 16.0. The molecule has 0 spiro atoms. The molecular formula is C23H21ClN2O3. The second-order valence-electron chi connectivity index (χ2n) is 6.35. The van der Waals surface area contributed by atoms with Gasteiger partial charge in [0.05, 0.1) is 6.21 Å². The molecule has 5 nitrogen and oxygen atoms in total. The van der Waals surface area contributed by atoms with Gasteiger partial charge in [0.2, 0.25) is 0 Å². The molecule has 0 atom stereocenters. The molecule has 0 fully saturated rings. The third-order valence-corrected chi connectivity index (χ3v) is 4.23. The Hall–Kier alpha value is -3.31. The topological polar surface area (TPSA) is 59.9 Å². The second kappa shape index (κ2) is 10.3. The van der Waals surface area contributed by atoms with E-state index < -0.39 is 0 Å². The van der Waals surface area contributed by atoms with Gasteiger partial charge in [-0.15, -0.1) is 0 Å². The fraction of sp³-hybridized carbons (Fsp3) is 0.130. The van der Waals surface area contributed by atoms with E-state index in [0.29, 0.717) is 23.1 Å². The van der Waals surface area contributed by atoms with Crippen molar-refractivity contribution in [3.05, 3.63) is 94.5 Å². The molecule has 0 aliphatic carbocycles. The highest BCUT2D eigenvalue weighted by Crippen LogP contribution is 2.18. The number of benzene rings is 3. The summed E-state index contributed by atoms with van der Waals surface area (Å²) in [6, 6.07) is 22.4. The molecule has 0 saturated carbocycles. The maximum atomic E-state index is 11.9. The first-order chi connectivity index (χ1) is 14.1. The summed E-state index contributed by atoms with van der Waals surface area (Å²) in [5, 5.41) is 4.68. The molecule has 0 aliphatic heterocycles. The number of hydrazone groups is 1. The van der Waals surface area contributed by atoms with Crippen LogP contribution in [0.25, 0.3) is 0 Å². The number of nitrogens with one attached hydrogen (secondary N) is 1. The molecule has 1 N–H and O–H groups in total. The van der Waals surface area contributed by atoms with E-state index in [0.717, 1.165) is 16.7 Å². The minimum absolute atomic E-state index is 0.116. The summed E-state index contributed by atoms with van der Waals surface area (Å²) in [5.41, 5.74) is 5.28. The number of hydrogen-bond donors (Lipinski definition) is 1. The number of hydrogen-bond acceptors (Lipinski definition) is 4. The molecule has 0 unspecified atom stereocenters. The Morgan fingerprint density at radius 2 is 1.83 bits per heavy atom. The molecule has 0 radical (unpaired) electrons. The van der Waals surface area contributed by atoms with E-state index >= 15 is 0 Å². The molecule has 3 rings (SSSR count). The van der Waals surface area contributed by atoms with Crippen LogP contribution in [0.1, 0.15) is 16.7 Å². The van der Waals surface area contributed by atoms with Crippen LogP contribution in [0.4, 0.5) is 0 Å². The van der Waals surface area contributed by atoms with Crippen molar-refractivity contribution in [1.82, 2.24) is 5.43 Å². The number of nitrogens with zero attached hydrogens (tertiary/aromatic N) is 1. The average molecular weight is 409 g/mol. The second-order valence-corrected chi connectivity index (χ2v) is 6.79. The molecule has 148 valence electrons. The third-order valence-electron chi connectivity index (χ3n) is 3.98. The highest BCUT2D eigenvalue weighted by Gasteiger charge is 2.04. The molecule has 0 saturated heterocycles. The molecule has 0 aliphatic rings. The highest BCUT2D eigenvalue weighted by atomic mass is 35.5. The van der Waals surface area contributed by atoms with Gasteiger partial charge in [-0.1, -0.05) is 48.0 Å². The molecule has 29 heavy (non-hydrogen) atoms. The Bertz CT molecular complexity index is 987. The van der Waals surface area contributed by atoms with Crippen molar-refractivity contribution in [1.29, 1.82) is 0 Å². The van der Waals surface area contributed by atoms with Gasteiger partial charge in [0.15, 0.2) is 6.61 Å². The molecular weight excluding hydrogens is 388 g/mol. The van der Waals surface area contributed by atoms with Crippen LogP contribution in [0.5, 0.6) is 11.5 Å². The number of rotatable bonds is 8. The normalized spacial score (nSPS) is 10.7. The minimum Gasteiger partial charge on any atom is -0.488 e. The largest absolute Gasteiger partial charge is 0.488 e. The summed E-state index contributed by atoms with van der Waals surface area (Å²) in [7, 11) is 0. The van der Waals surface area contributed by atoms with E-state index in [4.69, 9.17) is 21.1 Å². The standard InChI is InChI=1S/C23H21ClN2O3/c1-17-5-4-7-21(13-17)28-16-23(27)26-25-14-19-6-2-3-8-22(19)29-15-18-9-11-20(24)12-10-18/h2-14H,15-16H2,1H3,(H,26,27). The van der Waals surface area contributed by atoms with Crippen molar-refractivity contribution in [2.24, 2.45) is 5.10 Å². The summed E-state index contributed by atoms with van der Waals surface area (Å²) in [4.78, 5) is 11.9. The SMILES string of the molecule is Cc1cccc(OCC(=O)NN=Cc2ccccc2OCc2ccc(Cl)cc2)c1. The summed E-state index contributed by atoms with van der Waals surface area (Å²) < 4.78 is 11.3. The average Bonchev–Trinajstić information content (AvgIpc) is 2.73. The van der Waals surface area contributed by atoms with E-state index in [2.05, 4.69) is 10.5 Å². The Morgan fingerprint density at radius 1 is 1.03 bits per heavy atom. The Labute approximate surface area is 174 Å². The first-order valence-electron chi connectivity index (χ1n) is 9.08. The zero-order valence-corrected chi connectivity index (χ0v) is 16.7. The lowest BCUT2D eigenvalue weighted by Crippen LogP contribution is -2.24. The van der Waals surface area contributed by atoms with Gasteiger partial charge >= 0.3 is 0 Å². The van der Waals surface area contributed by atoms with Crippen molar-refractivity contribution in [3.8, 4) is 11.5 Å². The molecule has 0 heterocycles. The number of amides is 1. The predicted octanol–water partition coefficient (Wildman–Crippen LogP) is 4.76. The van der Waals surface area contributed by atoms with Gasteiger partial charge in [-0.25, -0.2) is 5.43 Å². The van der Waals surface area contributed by atoms with Gasteiger partial charge in [0, 0.05) is 10.6 Å². The lowest BCUT2D eigenvalue weighted by atomic mass is 10.2. The van der Waals surface area contributed by atoms with Crippen molar-refractivity contribution in [3.63, 3.8) is 0 Å². The summed E-state index contributed by atoms with van der Waals surface area (Å²) in [6.45, 7) is 2.25. The van der Waals surface area contributed by atoms with Crippen molar-refractivity contribution in [2.45, 2.75) is 13.5 Å². The molecule has 0 aromatic heterocycles. The summed E-state index contributed by atoms with van der Waals surface area (Å²) >= 11 is 5.90. The fourth-order valence-corrected chi connectivity index (χ4v) is 2.65. The summed E-state index contributed by atoms with van der Waals surface area (Å²) in [6.07, 6.45) is 1.54. The quantitative estimate of drug-likeness (QED) is 0.432. The Morgan fingerprint density at radius 3 is 2.62 bits per heavy atom. The Kier molecular flexibility index (Phi) is 7.25. The van der Waals surface area contributed by atoms with Crippen LogP contribution in [0.3, 0.4) is 0 Å². The van der Waals surface area contributed by atoms with Crippen LogP contribution in [0.2, 0.25) is 5.02 Å². The number of carbonyl (C=O) groups is 1. The third kappa shape index (κ3) is 6.66. The molecule has 3 aromatic carbocycles. The van der Waals surface area contributed by atoms with Crippen LogP contribution < -0.4 is 14.9 Å². The fourth-order valence-electron chi connectivity index (χ4n) is 2.52. The van der Waals surface area contributed by atoms with Gasteiger partial charge in [0.25, 0.3) is 5.91 Å². The lowest BCUT2D eigenvalue weighted by molar-refractivity contribution is -0.123. The number of para-hydroxylation sites is 1. The number of carbonyl (C=O) groups excluding carboxylic acids is 1. The predicted molar refractivity (Wildman–Crippen MR) is 115 cm³/mol. The van der Waals surface area contributed by atoms with Crippen molar-refractivity contribution >= 4 is 23.7 Å². The molecule has 3 aromatic rings. The van der Waals surface area contributed by atoms with E-state index in [1.807, 2.05) is 73.7 Å². The number of aryl methyl sites for hydroxylation is 1. The first-order valence-corrected chi connectivity index (χ1v) is 9.45. The molecule has 6 heteroatoms. The van der Waals surface area contributed by atoms with E-state index in [1.54, 1.807) is 12.3 Å². The van der Waals surface area contributed by atoms with Gasteiger partial charge in [-0.3, -0.25) is 4.79 Å². The minimum atomic E-state index is -0.345. The van der Waals surface area contributed by atoms with Gasteiger partial charge < -0.3 is 9.47 Å². The first kappa shape index (κ1) is 20.4. The number of halogens is 1. The molecule has 1 amide bonds. The van der Waals surface area contributed by atoms with Gasteiger partial charge in [-0.2, -0.15) is 5.10 Å². The van der Waals surface area contributed by atoms with E-state index in [9.17, 15) is 4.79 Å². The maximum Gasteiger partial charge on any atom is 0.277 e. The van der Waals surface area contributed by atoms with Gasteiger partial charge in [-0.05, 0) is 54.4 Å². The van der Waals surface area contributed by atoms with Crippen molar-refractivity contribution < 1.29 is 14.3 Å². The number of ether oxygens (including phenoxy) is 2. The van der Waals surface area contributed by atoms with Crippen molar-refractivity contribution in [2.75, 3.05) is 6.61 Å². The van der Waals surface area contributed by atoms with Crippen LogP contribution in [-0.2, 0) is 11.4 Å². The monoisotopic (exact) mass is 408 g/mol. The van der Waals surface area contributed by atoms with Gasteiger partial charge in [0.1, 0.15) is 18.1 Å². The smallest absolute Gasteiger partial charge is 0.277 e. The van der Waals surface area contributed by atoms with Crippen LogP contribution in [-0.4, -0.2) is 18.7 Å². The van der Waals surface area contributed by atoms with E-state index in [-0.39, 0.29) is 12.5 Å². The highest BCUT2D eigenvalue weighted by molar-refractivity contribution is 6.30. The van der Waals surface area contributed by atoms with E-state index in [1.165, 1.54) is 0 Å². The lowest BCUT2D eigenvalue weighted by Gasteiger charge is -2.09. The molecule has 0 bridgehead atoms. The van der Waals surface area contributed by atoms with Crippen LogP contribution in [0, 0.1) is 6.92 Å². The zero-order chi connectivity index (χ0) is 20.5. The van der Waals surface area contributed by atoms with Crippen LogP contribution >= 0.6 is 11.6 Å². The maximum absolute atomic E-state index is 11.9. The summed E-state index contributed by atoms with van der Waals surface area (Å²) in [5.74, 6) is 0.962. The Balaban J connectivity index is 1.52.